The first-order valence-electron chi connectivity index (χ1n) is 10.5. The van der Waals surface area contributed by atoms with E-state index in [2.05, 4.69) is 82.9 Å². The molecule has 0 saturated heterocycles. The summed E-state index contributed by atoms with van der Waals surface area (Å²) >= 11 is 3.51. The van der Waals surface area contributed by atoms with Gasteiger partial charge in [0, 0.05) is 19.6 Å². The Morgan fingerprint density at radius 1 is 0.515 bits per heavy atom. The number of hydrogen-bond acceptors (Lipinski definition) is 7. The molecule has 0 aliphatic carbocycles. The number of benzene rings is 4. The summed E-state index contributed by atoms with van der Waals surface area (Å²) in [5.41, 5.74) is 4.16. The van der Waals surface area contributed by atoms with Gasteiger partial charge in [-0.1, -0.05) is 72.1 Å². The van der Waals surface area contributed by atoms with Crippen molar-refractivity contribution in [2.24, 2.45) is 0 Å². The third kappa shape index (κ3) is 2.97. The first-order chi connectivity index (χ1) is 16.4. The maximum atomic E-state index is 5.91. The molecular weight excluding hydrogens is 448 g/mol. The van der Waals surface area contributed by atoms with E-state index in [9.17, 15) is 0 Å². The van der Waals surface area contributed by atoms with Gasteiger partial charge in [-0.3, -0.25) is 9.80 Å². The molecule has 2 aliphatic heterocycles. The van der Waals surface area contributed by atoms with Crippen molar-refractivity contribution in [1.82, 2.24) is 10.1 Å². The summed E-state index contributed by atoms with van der Waals surface area (Å²) < 4.78 is 5.91. The van der Waals surface area contributed by atoms with Gasteiger partial charge >= 0.3 is 6.01 Å². The van der Waals surface area contributed by atoms with Crippen LogP contribution in [0.4, 0.5) is 34.7 Å². The molecule has 0 N–H and O–H groups in total. The fourth-order valence-corrected chi connectivity index (χ4v) is 6.34. The largest absolute Gasteiger partial charge is 0.334 e. The van der Waals surface area contributed by atoms with E-state index in [0.29, 0.717) is 12.0 Å². The standard InChI is InChI=1S/C26H16N4OS2/c1-5-13-21-17(9-1)29(18-10-2-6-14-22(18)32-21)25-27-26(31-28-25)30-19-11-3-7-15-23(19)33-24-16-8-4-12-20(24)30/h1-16H. The molecule has 158 valence electrons. The quantitative estimate of drug-likeness (QED) is 0.257. The van der Waals surface area contributed by atoms with Crippen molar-refractivity contribution in [2.75, 3.05) is 9.80 Å². The molecule has 0 amide bonds. The Morgan fingerprint density at radius 2 is 0.909 bits per heavy atom. The Kier molecular flexibility index (Phi) is 4.25. The van der Waals surface area contributed by atoms with Crippen molar-refractivity contribution in [1.29, 1.82) is 0 Å². The average Bonchev–Trinajstić information content (AvgIpc) is 3.35. The minimum Gasteiger partial charge on any atom is -0.312 e. The third-order valence-corrected chi connectivity index (χ3v) is 7.92. The van der Waals surface area contributed by atoms with Gasteiger partial charge in [0.15, 0.2) is 0 Å². The third-order valence-electron chi connectivity index (χ3n) is 5.66. The summed E-state index contributed by atoms with van der Waals surface area (Å²) in [6.07, 6.45) is 0. The molecule has 0 fully saturated rings. The number of rotatable bonds is 2. The lowest BCUT2D eigenvalue weighted by Gasteiger charge is -2.30. The highest BCUT2D eigenvalue weighted by Crippen LogP contribution is 2.53. The van der Waals surface area contributed by atoms with Crippen molar-refractivity contribution < 1.29 is 4.52 Å². The normalized spacial score (nSPS) is 13.7. The highest BCUT2D eigenvalue weighted by Gasteiger charge is 2.31. The number of nitrogens with zero attached hydrogens (tertiary/aromatic N) is 4. The van der Waals surface area contributed by atoms with Gasteiger partial charge in [-0.2, -0.15) is 4.98 Å². The zero-order chi connectivity index (χ0) is 21.8. The maximum Gasteiger partial charge on any atom is 0.334 e. The van der Waals surface area contributed by atoms with Crippen LogP contribution in [0.25, 0.3) is 0 Å². The highest BCUT2D eigenvalue weighted by atomic mass is 32.2. The molecule has 0 saturated carbocycles. The summed E-state index contributed by atoms with van der Waals surface area (Å²) in [4.78, 5) is 13.7. The average molecular weight is 465 g/mol. The van der Waals surface area contributed by atoms with Crippen LogP contribution in [0, 0.1) is 0 Å². The molecule has 5 nitrogen and oxygen atoms in total. The molecule has 4 aromatic carbocycles. The molecule has 2 aliphatic rings. The van der Waals surface area contributed by atoms with Gasteiger partial charge < -0.3 is 4.52 Å². The van der Waals surface area contributed by atoms with Crippen molar-refractivity contribution in [2.45, 2.75) is 19.6 Å². The molecule has 0 bridgehead atoms. The fraction of sp³-hybridized carbons (Fsp3) is 0. The Bertz CT molecular complexity index is 1310. The molecule has 33 heavy (non-hydrogen) atoms. The minimum absolute atomic E-state index is 0.443. The molecule has 3 heterocycles. The fourth-order valence-electron chi connectivity index (χ4n) is 4.22. The van der Waals surface area contributed by atoms with Crippen molar-refractivity contribution in [3.8, 4) is 0 Å². The SMILES string of the molecule is c1ccc2c(c1)Sc1ccccc1N2c1noc(N2c3ccccc3Sc3ccccc32)n1. The summed E-state index contributed by atoms with van der Waals surface area (Å²) in [7, 11) is 0. The lowest BCUT2D eigenvalue weighted by Crippen LogP contribution is -2.17. The van der Waals surface area contributed by atoms with Crippen LogP contribution in [-0.2, 0) is 0 Å². The van der Waals surface area contributed by atoms with Gasteiger partial charge in [0.05, 0.1) is 22.7 Å². The molecule has 0 atom stereocenters. The summed E-state index contributed by atoms with van der Waals surface area (Å²) in [5.74, 6) is 0.512. The van der Waals surface area contributed by atoms with Gasteiger partial charge in [0.2, 0.25) is 0 Å². The predicted molar refractivity (Wildman–Crippen MR) is 132 cm³/mol. The van der Waals surface area contributed by atoms with Crippen LogP contribution in [0.15, 0.2) is 121 Å². The second-order valence-corrected chi connectivity index (χ2v) is 9.79. The lowest BCUT2D eigenvalue weighted by atomic mass is 10.2. The van der Waals surface area contributed by atoms with Crippen LogP contribution in [-0.4, -0.2) is 10.1 Å². The summed E-state index contributed by atoms with van der Waals surface area (Å²) in [6.45, 7) is 0. The van der Waals surface area contributed by atoms with Crippen LogP contribution < -0.4 is 9.80 Å². The highest BCUT2D eigenvalue weighted by molar-refractivity contribution is 8.00. The summed E-state index contributed by atoms with van der Waals surface area (Å²) in [6, 6.07) is 33.6. The molecular formula is C26H16N4OS2. The van der Waals surface area contributed by atoms with Crippen molar-refractivity contribution in [3.63, 3.8) is 0 Å². The number of para-hydroxylation sites is 4. The Morgan fingerprint density at radius 3 is 1.36 bits per heavy atom. The number of hydrogen-bond donors (Lipinski definition) is 0. The predicted octanol–water partition coefficient (Wildman–Crippen LogP) is 7.94. The molecule has 0 unspecified atom stereocenters. The second-order valence-electron chi connectivity index (χ2n) is 7.62. The van der Waals surface area contributed by atoms with E-state index in [-0.39, 0.29) is 0 Å². The number of fused-ring (bicyclic) bond motifs is 4. The van der Waals surface area contributed by atoms with E-state index in [1.54, 1.807) is 23.5 Å². The Hall–Kier alpha value is -3.68. The minimum atomic E-state index is 0.443. The zero-order valence-corrected chi connectivity index (χ0v) is 18.9. The van der Waals surface area contributed by atoms with E-state index in [0.717, 1.165) is 42.3 Å². The maximum absolute atomic E-state index is 5.91. The van der Waals surface area contributed by atoms with Gasteiger partial charge in [-0.05, 0) is 53.7 Å². The second kappa shape index (κ2) is 7.43. The first-order valence-corrected chi connectivity index (χ1v) is 12.2. The van der Waals surface area contributed by atoms with Crippen LogP contribution in [0.5, 0.6) is 0 Å². The Labute approximate surface area is 199 Å². The number of aromatic nitrogens is 2. The molecule has 0 spiro atoms. The van der Waals surface area contributed by atoms with E-state index < -0.39 is 0 Å². The van der Waals surface area contributed by atoms with Gasteiger partial charge in [-0.15, -0.1) is 0 Å². The van der Waals surface area contributed by atoms with E-state index in [4.69, 9.17) is 9.51 Å². The van der Waals surface area contributed by atoms with E-state index >= 15 is 0 Å². The monoisotopic (exact) mass is 464 g/mol. The van der Waals surface area contributed by atoms with Crippen LogP contribution >= 0.6 is 23.5 Å². The molecule has 1 aromatic heterocycles. The number of anilines is 6. The molecule has 5 aromatic rings. The molecule has 0 radical (unpaired) electrons. The van der Waals surface area contributed by atoms with E-state index in [1.807, 2.05) is 29.2 Å². The smallest absolute Gasteiger partial charge is 0.312 e. The van der Waals surface area contributed by atoms with Crippen molar-refractivity contribution >= 4 is 58.2 Å². The molecule has 7 heteroatoms. The van der Waals surface area contributed by atoms with Crippen molar-refractivity contribution in [3.05, 3.63) is 97.1 Å². The van der Waals surface area contributed by atoms with Gasteiger partial charge in [0.25, 0.3) is 5.95 Å². The van der Waals surface area contributed by atoms with Gasteiger partial charge in [-0.25, -0.2) is 0 Å². The summed E-state index contributed by atoms with van der Waals surface area (Å²) in [5, 5.41) is 4.44. The van der Waals surface area contributed by atoms with Gasteiger partial charge in [0.1, 0.15) is 0 Å². The molecule has 7 rings (SSSR count). The lowest BCUT2D eigenvalue weighted by molar-refractivity contribution is 0.427. The Balaban J connectivity index is 1.39. The van der Waals surface area contributed by atoms with Crippen LogP contribution in [0.1, 0.15) is 0 Å². The topological polar surface area (TPSA) is 45.4 Å². The zero-order valence-electron chi connectivity index (χ0n) is 17.3. The van der Waals surface area contributed by atoms with Crippen LogP contribution in [0.3, 0.4) is 0 Å². The van der Waals surface area contributed by atoms with E-state index in [1.165, 1.54) is 0 Å². The first kappa shape index (κ1) is 18.8. The van der Waals surface area contributed by atoms with Crippen LogP contribution in [0.2, 0.25) is 0 Å².